The minimum absolute atomic E-state index is 0.00393. The molecule has 0 aliphatic carbocycles. The molecule has 1 fully saturated rings. The number of piperidine rings is 1. The Morgan fingerprint density at radius 2 is 2.17 bits per heavy atom. The molecule has 3 rings (SSSR count). The molecule has 1 atom stereocenters. The van der Waals surface area contributed by atoms with E-state index in [0.717, 1.165) is 31.5 Å². The molecule has 0 saturated carbocycles. The van der Waals surface area contributed by atoms with Crippen molar-refractivity contribution in [1.82, 2.24) is 25.0 Å². The number of aromatic nitrogens is 4. The van der Waals surface area contributed by atoms with E-state index in [4.69, 9.17) is 4.52 Å². The van der Waals surface area contributed by atoms with E-state index >= 15 is 0 Å². The van der Waals surface area contributed by atoms with E-state index in [1.165, 1.54) is 0 Å². The van der Waals surface area contributed by atoms with Crippen molar-refractivity contribution >= 4 is 5.91 Å². The Balaban J connectivity index is 1.78. The summed E-state index contributed by atoms with van der Waals surface area (Å²) in [6, 6.07) is 0. The van der Waals surface area contributed by atoms with Crippen molar-refractivity contribution in [2.75, 3.05) is 13.1 Å². The lowest BCUT2D eigenvalue weighted by Gasteiger charge is -2.31. The Labute approximate surface area is 141 Å². The van der Waals surface area contributed by atoms with Crippen LogP contribution in [0.15, 0.2) is 10.7 Å². The van der Waals surface area contributed by atoms with Crippen LogP contribution in [0.2, 0.25) is 0 Å². The lowest BCUT2D eigenvalue weighted by atomic mass is 9.96. The number of carbonyl (C=O) groups is 1. The lowest BCUT2D eigenvalue weighted by molar-refractivity contribution is 0.0701. The van der Waals surface area contributed by atoms with Crippen molar-refractivity contribution in [3.8, 4) is 0 Å². The predicted molar refractivity (Wildman–Crippen MR) is 87.7 cm³/mol. The Kier molecular flexibility index (Phi) is 4.87. The number of hydrogen-bond donors (Lipinski definition) is 0. The molecule has 0 bridgehead atoms. The standard InChI is InChI=1S/C17H23N5O2/c1-4-14-13(9-18-11(3)19-14)17(23)22-8-6-7-12(10-22)16-20-15(5-2)24-21-16/h9,12H,4-8,10H2,1-3H3. The van der Waals surface area contributed by atoms with Crippen molar-refractivity contribution in [3.63, 3.8) is 0 Å². The summed E-state index contributed by atoms with van der Waals surface area (Å²) in [4.78, 5) is 27.8. The van der Waals surface area contributed by atoms with Gasteiger partial charge in [0, 0.05) is 31.6 Å². The molecule has 3 heterocycles. The topological polar surface area (TPSA) is 85.0 Å². The smallest absolute Gasteiger partial charge is 0.257 e. The van der Waals surface area contributed by atoms with Gasteiger partial charge in [0.1, 0.15) is 5.82 Å². The van der Waals surface area contributed by atoms with E-state index in [1.807, 2.05) is 25.7 Å². The van der Waals surface area contributed by atoms with Crippen LogP contribution in [0.5, 0.6) is 0 Å². The Morgan fingerprint density at radius 1 is 1.33 bits per heavy atom. The van der Waals surface area contributed by atoms with Crippen LogP contribution in [0.3, 0.4) is 0 Å². The SMILES string of the molecule is CCc1nc(C2CCCN(C(=O)c3cnc(C)nc3CC)C2)no1. The Morgan fingerprint density at radius 3 is 2.88 bits per heavy atom. The molecule has 7 nitrogen and oxygen atoms in total. The molecule has 1 saturated heterocycles. The fourth-order valence-corrected chi connectivity index (χ4v) is 3.09. The summed E-state index contributed by atoms with van der Waals surface area (Å²) in [5.41, 5.74) is 1.41. The van der Waals surface area contributed by atoms with Crippen LogP contribution in [-0.4, -0.2) is 44.0 Å². The minimum Gasteiger partial charge on any atom is -0.339 e. The fourth-order valence-electron chi connectivity index (χ4n) is 3.09. The first-order chi connectivity index (χ1) is 11.6. The normalized spacial score (nSPS) is 18.0. The molecule has 2 aromatic heterocycles. The molecule has 24 heavy (non-hydrogen) atoms. The Bertz CT molecular complexity index is 728. The molecule has 1 amide bonds. The van der Waals surface area contributed by atoms with E-state index < -0.39 is 0 Å². The van der Waals surface area contributed by atoms with Gasteiger partial charge >= 0.3 is 0 Å². The summed E-state index contributed by atoms with van der Waals surface area (Å²) >= 11 is 0. The minimum atomic E-state index is -0.00393. The number of carbonyl (C=O) groups excluding carboxylic acids is 1. The van der Waals surface area contributed by atoms with Gasteiger partial charge < -0.3 is 9.42 Å². The second kappa shape index (κ2) is 7.07. The number of likely N-dealkylation sites (tertiary alicyclic amines) is 1. The highest BCUT2D eigenvalue weighted by atomic mass is 16.5. The fraction of sp³-hybridized carbons (Fsp3) is 0.588. The number of rotatable bonds is 4. The van der Waals surface area contributed by atoms with Crippen molar-refractivity contribution in [1.29, 1.82) is 0 Å². The first-order valence-corrected chi connectivity index (χ1v) is 8.56. The molecule has 0 aromatic carbocycles. The molecule has 1 unspecified atom stereocenters. The van der Waals surface area contributed by atoms with Crippen LogP contribution in [0.4, 0.5) is 0 Å². The molecule has 1 aliphatic heterocycles. The van der Waals surface area contributed by atoms with Crippen LogP contribution in [0.1, 0.15) is 66.2 Å². The van der Waals surface area contributed by atoms with Gasteiger partial charge in [-0.2, -0.15) is 4.98 Å². The molecule has 128 valence electrons. The van der Waals surface area contributed by atoms with Crippen LogP contribution in [-0.2, 0) is 12.8 Å². The first-order valence-electron chi connectivity index (χ1n) is 8.56. The van der Waals surface area contributed by atoms with Gasteiger partial charge in [-0.25, -0.2) is 9.97 Å². The van der Waals surface area contributed by atoms with Gasteiger partial charge in [0.2, 0.25) is 5.89 Å². The lowest BCUT2D eigenvalue weighted by Crippen LogP contribution is -2.40. The van der Waals surface area contributed by atoms with Gasteiger partial charge in [0.25, 0.3) is 5.91 Å². The molecular weight excluding hydrogens is 306 g/mol. The maximum absolute atomic E-state index is 12.9. The summed E-state index contributed by atoms with van der Waals surface area (Å²) < 4.78 is 5.21. The molecule has 0 N–H and O–H groups in total. The largest absolute Gasteiger partial charge is 0.339 e. The third-order valence-corrected chi connectivity index (χ3v) is 4.41. The first kappa shape index (κ1) is 16.5. The van der Waals surface area contributed by atoms with Crippen molar-refractivity contribution in [2.45, 2.75) is 52.4 Å². The highest BCUT2D eigenvalue weighted by molar-refractivity contribution is 5.95. The molecule has 1 aliphatic rings. The zero-order valence-electron chi connectivity index (χ0n) is 14.4. The highest BCUT2D eigenvalue weighted by Crippen LogP contribution is 2.26. The monoisotopic (exact) mass is 329 g/mol. The Hall–Kier alpha value is -2.31. The van der Waals surface area contributed by atoms with Gasteiger partial charge in [-0.1, -0.05) is 19.0 Å². The molecular formula is C17H23N5O2. The highest BCUT2D eigenvalue weighted by Gasteiger charge is 2.29. The van der Waals surface area contributed by atoms with Crippen LogP contribution in [0.25, 0.3) is 0 Å². The van der Waals surface area contributed by atoms with Crippen LogP contribution in [0, 0.1) is 6.92 Å². The number of nitrogens with zero attached hydrogens (tertiary/aromatic N) is 5. The quantitative estimate of drug-likeness (QED) is 0.856. The van der Waals surface area contributed by atoms with E-state index in [1.54, 1.807) is 6.20 Å². The second-order valence-electron chi connectivity index (χ2n) is 6.12. The zero-order valence-corrected chi connectivity index (χ0v) is 14.4. The average molecular weight is 329 g/mol. The maximum atomic E-state index is 12.9. The third kappa shape index (κ3) is 3.29. The van der Waals surface area contributed by atoms with Crippen molar-refractivity contribution in [2.24, 2.45) is 0 Å². The average Bonchev–Trinajstić information content (AvgIpc) is 3.10. The van der Waals surface area contributed by atoms with E-state index in [2.05, 4.69) is 20.1 Å². The number of amides is 1. The van der Waals surface area contributed by atoms with Gasteiger partial charge in [-0.05, 0) is 26.2 Å². The third-order valence-electron chi connectivity index (χ3n) is 4.41. The van der Waals surface area contributed by atoms with Crippen molar-refractivity contribution < 1.29 is 9.32 Å². The molecule has 2 aromatic rings. The molecule has 0 spiro atoms. The van der Waals surface area contributed by atoms with E-state index in [9.17, 15) is 4.79 Å². The summed E-state index contributed by atoms with van der Waals surface area (Å²) in [6.07, 6.45) is 4.99. The zero-order chi connectivity index (χ0) is 17.1. The van der Waals surface area contributed by atoms with Gasteiger partial charge in [-0.15, -0.1) is 0 Å². The number of aryl methyl sites for hydroxylation is 3. The summed E-state index contributed by atoms with van der Waals surface area (Å²) in [5, 5.41) is 4.07. The van der Waals surface area contributed by atoms with E-state index in [-0.39, 0.29) is 11.8 Å². The van der Waals surface area contributed by atoms with Gasteiger partial charge in [-0.3, -0.25) is 4.79 Å². The summed E-state index contributed by atoms with van der Waals surface area (Å²) in [6.45, 7) is 7.18. The van der Waals surface area contributed by atoms with Gasteiger partial charge in [0.05, 0.1) is 11.3 Å². The molecule has 7 heteroatoms. The van der Waals surface area contributed by atoms with Crippen LogP contribution < -0.4 is 0 Å². The summed E-state index contributed by atoms with van der Waals surface area (Å²) in [5.74, 6) is 2.17. The second-order valence-corrected chi connectivity index (χ2v) is 6.12. The van der Waals surface area contributed by atoms with Gasteiger partial charge in [0.15, 0.2) is 5.82 Å². The van der Waals surface area contributed by atoms with E-state index in [0.29, 0.717) is 36.1 Å². The summed E-state index contributed by atoms with van der Waals surface area (Å²) in [7, 11) is 0. The predicted octanol–water partition coefficient (Wildman–Crippen LogP) is 2.31. The van der Waals surface area contributed by atoms with Crippen LogP contribution >= 0.6 is 0 Å². The van der Waals surface area contributed by atoms with Crippen molar-refractivity contribution in [3.05, 3.63) is 35.0 Å². The number of hydrogen-bond acceptors (Lipinski definition) is 6. The maximum Gasteiger partial charge on any atom is 0.257 e. The molecule has 0 radical (unpaired) electrons.